The van der Waals surface area contributed by atoms with E-state index in [1.807, 2.05) is 0 Å². The van der Waals surface area contributed by atoms with Gasteiger partial charge < -0.3 is 5.32 Å². The van der Waals surface area contributed by atoms with Crippen LogP contribution < -0.4 is 5.32 Å². The predicted octanol–water partition coefficient (Wildman–Crippen LogP) is 3.84. The molecule has 104 valence electrons. The molecule has 2 aliphatic rings. The van der Waals surface area contributed by atoms with Gasteiger partial charge in [-0.25, -0.2) is 0 Å². The van der Waals surface area contributed by atoms with Crippen LogP contribution >= 0.6 is 11.8 Å². The zero-order valence-electron chi connectivity index (χ0n) is 12.1. The fourth-order valence-electron chi connectivity index (χ4n) is 3.58. The first-order chi connectivity index (χ1) is 9.14. The van der Waals surface area contributed by atoms with Crippen LogP contribution in [0, 0.1) is 5.41 Å². The van der Waals surface area contributed by atoms with E-state index < -0.39 is 0 Å². The Morgan fingerprint density at radius 3 is 2.37 bits per heavy atom. The van der Waals surface area contributed by atoms with E-state index in [0.29, 0.717) is 10.8 Å². The maximum absolute atomic E-state index is 3.87. The van der Waals surface area contributed by atoms with Gasteiger partial charge in [-0.05, 0) is 41.7 Å². The van der Waals surface area contributed by atoms with Gasteiger partial charge in [-0.15, -0.1) is 0 Å². The Bertz CT molecular complexity index is 422. The van der Waals surface area contributed by atoms with E-state index in [2.05, 4.69) is 61.3 Å². The second-order valence-corrected chi connectivity index (χ2v) is 8.00. The monoisotopic (exact) mass is 275 g/mol. The molecule has 1 saturated heterocycles. The number of rotatable bonds is 4. The molecule has 1 aromatic rings. The molecule has 0 aromatic heterocycles. The normalized spacial score (nSPS) is 30.2. The van der Waals surface area contributed by atoms with Crippen LogP contribution in [0.1, 0.15) is 38.7 Å². The van der Waals surface area contributed by atoms with Gasteiger partial charge in [0.15, 0.2) is 0 Å². The molecule has 2 heteroatoms. The molecule has 0 spiro atoms. The number of thioether (sulfide) groups is 1. The van der Waals surface area contributed by atoms with Crippen LogP contribution in [-0.4, -0.2) is 24.1 Å². The van der Waals surface area contributed by atoms with Crippen molar-refractivity contribution in [1.29, 1.82) is 0 Å². The third-order valence-electron chi connectivity index (χ3n) is 5.15. The molecular weight excluding hydrogens is 250 g/mol. The van der Waals surface area contributed by atoms with Gasteiger partial charge in [0.25, 0.3) is 0 Å². The molecule has 1 aromatic carbocycles. The van der Waals surface area contributed by atoms with Crippen LogP contribution in [0.4, 0.5) is 0 Å². The lowest BCUT2D eigenvalue weighted by Gasteiger charge is -2.28. The van der Waals surface area contributed by atoms with Crippen molar-refractivity contribution < 1.29 is 0 Å². The molecule has 1 aliphatic carbocycles. The van der Waals surface area contributed by atoms with E-state index in [0.717, 1.165) is 12.6 Å². The first kappa shape index (κ1) is 13.5. The van der Waals surface area contributed by atoms with E-state index in [9.17, 15) is 0 Å². The number of nitrogens with one attached hydrogen (secondary N) is 1. The zero-order valence-corrected chi connectivity index (χ0v) is 12.9. The van der Waals surface area contributed by atoms with Crippen LogP contribution in [0.15, 0.2) is 30.3 Å². The third-order valence-corrected chi connectivity index (χ3v) is 6.20. The minimum Gasteiger partial charge on any atom is -0.313 e. The van der Waals surface area contributed by atoms with Crippen LogP contribution in [0.3, 0.4) is 0 Å². The summed E-state index contributed by atoms with van der Waals surface area (Å²) in [5.41, 5.74) is 2.35. The Labute approximate surface area is 121 Å². The second kappa shape index (κ2) is 5.14. The van der Waals surface area contributed by atoms with E-state index in [-0.39, 0.29) is 0 Å². The van der Waals surface area contributed by atoms with Gasteiger partial charge in [0.05, 0.1) is 0 Å². The van der Waals surface area contributed by atoms with Crippen molar-refractivity contribution in [3.8, 4) is 0 Å². The molecular formula is C17H25NS. The molecule has 1 aliphatic heterocycles. The lowest BCUT2D eigenvalue weighted by molar-refractivity contribution is 0.406. The highest BCUT2D eigenvalue weighted by atomic mass is 32.2. The number of hydrogen-bond acceptors (Lipinski definition) is 2. The summed E-state index contributed by atoms with van der Waals surface area (Å²) in [4.78, 5) is 0. The average molecular weight is 275 g/mol. The van der Waals surface area contributed by atoms with Crippen molar-refractivity contribution in [2.45, 2.75) is 44.6 Å². The molecule has 1 N–H and O–H groups in total. The summed E-state index contributed by atoms with van der Waals surface area (Å²) in [5.74, 6) is 2.67. The highest BCUT2D eigenvalue weighted by molar-refractivity contribution is 7.99. The summed E-state index contributed by atoms with van der Waals surface area (Å²) in [6.07, 6.45) is 4.00. The largest absolute Gasteiger partial charge is 0.313 e. The Morgan fingerprint density at radius 2 is 1.79 bits per heavy atom. The zero-order chi connectivity index (χ0) is 13.3. The van der Waals surface area contributed by atoms with E-state index in [4.69, 9.17) is 0 Å². The van der Waals surface area contributed by atoms with E-state index in [1.165, 1.54) is 36.3 Å². The van der Waals surface area contributed by atoms with Gasteiger partial charge in [0.2, 0.25) is 0 Å². The summed E-state index contributed by atoms with van der Waals surface area (Å²) in [6.45, 7) is 5.98. The van der Waals surface area contributed by atoms with Crippen molar-refractivity contribution in [2.24, 2.45) is 5.41 Å². The van der Waals surface area contributed by atoms with Crippen LogP contribution in [0.2, 0.25) is 0 Å². The topological polar surface area (TPSA) is 12.0 Å². The van der Waals surface area contributed by atoms with Crippen LogP contribution in [0.5, 0.6) is 0 Å². The molecule has 2 fully saturated rings. The molecule has 1 unspecified atom stereocenters. The molecule has 1 saturated carbocycles. The van der Waals surface area contributed by atoms with Crippen LogP contribution in [0.25, 0.3) is 0 Å². The summed E-state index contributed by atoms with van der Waals surface area (Å²) >= 11 is 2.10. The first-order valence-corrected chi connectivity index (χ1v) is 8.66. The Balaban J connectivity index is 1.69. The average Bonchev–Trinajstić information content (AvgIpc) is 3.02. The Kier molecular flexibility index (Phi) is 3.65. The quantitative estimate of drug-likeness (QED) is 0.896. The van der Waals surface area contributed by atoms with Gasteiger partial charge in [-0.1, -0.05) is 44.2 Å². The Morgan fingerprint density at radius 1 is 1.16 bits per heavy atom. The van der Waals surface area contributed by atoms with Gasteiger partial charge in [-0.3, -0.25) is 0 Å². The van der Waals surface area contributed by atoms with Gasteiger partial charge in [0.1, 0.15) is 0 Å². The van der Waals surface area contributed by atoms with Gasteiger partial charge in [-0.2, -0.15) is 11.8 Å². The van der Waals surface area contributed by atoms with Crippen molar-refractivity contribution >= 4 is 11.8 Å². The standard InChI is InChI=1S/C17H25NS/c1-16(2)12-17(16,14-6-4-3-5-7-14)13-18-15-8-10-19-11-9-15/h3-7,15,18H,8-13H2,1-2H3. The number of benzene rings is 1. The minimum absolute atomic E-state index is 0.374. The minimum atomic E-state index is 0.374. The van der Waals surface area contributed by atoms with Gasteiger partial charge in [0, 0.05) is 18.0 Å². The third kappa shape index (κ3) is 2.57. The fraction of sp³-hybridized carbons (Fsp3) is 0.647. The maximum atomic E-state index is 3.87. The molecule has 1 heterocycles. The molecule has 1 nitrogen and oxygen atoms in total. The van der Waals surface area contributed by atoms with Crippen molar-refractivity contribution in [3.05, 3.63) is 35.9 Å². The highest BCUT2D eigenvalue weighted by Gasteiger charge is 2.61. The molecule has 0 bridgehead atoms. The van der Waals surface area contributed by atoms with Crippen molar-refractivity contribution in [3.63, 3.8) is 0 Å². The summed E-state index contributed by atoms with van der Waals surface area (Å²) in [7, 11) is 0. The smallest absolute Gasteiger partial charge is 0.0135 e. The first-order valence-electron chi connectivity index (χ1n) is 7.51. The molecule has 0 radical (unpaired) electrons. The highest BCUT2D eigenvalue weighted by Crippen LogP contribution is 2.63. The van der Waals surface area contributed by atoms with E-state index in [1.54, 1.807) is 0 Å². The lowest BCUT2D eigenvalue weighted by Crippen LogP contribution is -2.39. The van der Waals surface area contributed by atoms with Crippen molar-refractivity contribution in [1.82, 2.24) is 5.32 Å². The summed E-state index contributed by atoms with van der Waals surface area (Å²) in [5, 5.41) is 3.87. The van der Waals surface area contributed by atoms with E-state index >= 15 is 0 Å². The number of hydrogen-bond donors (Lipinski definition) is 1. The summed E-state index contributed by atoms with van der Waals surface area (Å²) < 4.78 is 0. The lowest BCUT2D eigenvalue weighted by atomic mass is 9.87. The molecule has 0 amide bonds. The molecule has 19 heavy (non-hydrogen) atoms. The molecule has 3 rings (SSSR count). The Hall–Kier alpha value is -0.470. The second-order valence-electron chi connectivity index (χ2n) is 6.78. The SMILES string of the molecule is CC1(C)CC1(CNC1CCSCC1)c1ccccc1. The predicted molar refractivity (Wildman–Crippen MR) is 84.9 cm³/mol. The van der Waals surface area contributed by atoms with Crippen molar-refractivity contribution in [2.75, 3.05) is 18.1 Å². The van der Waals surface area contributed by atoms with Gasteiger partial charge >= 0.3 is 0 Å². The van der Waals surface area contributed by atoms with Crippen LogP contribution in [-0.2, 0) is 5.41 Å². The fourth-order valence-corrected chi connectivity index (χ4v) is 4.69. The maximum Gasteiger partial charge on any atom is 0.0135 e. The molecule has 1 atom stereocenters. The summed E-state index contributed by atoms with van der Waals surface area (Å²) in [6, 6.07) is 11.9.